The van der Waals surface area contributed by atoms with E-state index in [1.54, 1.807) is 0 Å². The van der Waals surface area contributed by atoms with Crippen LogP contribution in [-0.4, -0.2) is 0 Å². The Morgan fingerprint density at radius 3 is 2.07 bits per heavy atom. The van der Waals surface area contributed by atoms with Crippen LogP contribution in [-0.2, 0) is 0 Å². The first-order valence-corrected chi connectivity index (χ1v) is 5.39. The van der Waals surface area contributed by atoms with Crippen LogP contribution < -0.4 is 5.73 Å². The molecule has 0 aliphatic heterocycles. The van der Waals surface area contributed by atoms with Gasteiger partial charge in [0.05, 0.1) is 0 Å². The number of benzene rings is 1. The first-order valence-electron chi connectivity index (χ1n) is 5.39. The second kappa shape index (κ2) is 6.47. The summed E-state index contributed by atoms with van der Waals surface area (Å²) in [5.74, 6) is 0.523. The van der Waals surface area contributed by atoms with Crippen LogP contribution >= 0.6 is 0 Å². The minimum Gasteiger partial charge on any atom is -0.398 e. The molecule has 0 aromatic heterocycles. The minimum absolute atomic E-state index is 0.523. The summed E-state index contributed by atoms with van der Waals surface area (Å²) in [6.45, 7) is 10.6. The Balaban J connectivity index is 0.000000500. The van der Waals surface area contributed by atoms with Crippen LogP contribution in [0.5, 0.6) is 0 Å². The van der Waals surface area contributed by atoms with E-state index in [2.05, 4.69) is 39.8 Å². The van der Waals surface area contributed by atoms with Gasteiger partial charge >= 0.3 is 0 Å². The molecule has 0 aliphatic carbocycles. The van der Waals surface area contributed by atoms with Crippen LogP contribution in [0.15, 0.2) is 18.2 Å². The lowest BCUT2D eigenvalue weighted by Crippen LogP contribution is -1.98. The van der Waals surface area contributed by atoms with Gasteiger partial charge in [-0.25, -0.2) is 0 Å². The van der Waals surface area contributed by atoms with Gasteiger partial charge in [-0.3, -0.25) is 0 Å². The Kier molecular flexibility index (Phi) is 6.02. The SMILES string of the molecule is CCC.Cc1cccc(C(C)C)c1N. The maximum atomic E-state index is 5.88. The Labute approximate surface area is 88.3 Å². The van der Waals surface area contributed by atoms with Crippen LogP contribution in [0, 0.1) is 6.92 Å². The summed E-state index contributed by atoms with van der Waals surface area (Å²) in [5.41, 5.74) is 9.26. The summed E-state index contributed by atoms with van der Waals surface area (Å²) < 4.78 is 0. The quantitative estimate of drug-likeness (QED) is 0.667. The topological polar surface area (TPSA) is 26.0 Å². The lowest BCUT2D eigenvalue weighted by atomic mass is 9.99. The van der Waals surface area contributed by atoms with Gasteiger partial charge in [-0.15, -0.1) is 0 Å². The number of para-hydroxylation sites is 1. The third-order valence-corrected chi connectivity index (χ3v) is 1.98. The highest BCUT2D eigenvalue weighted by Gasteiger charge is 2.03. The first-order chi connectivity index (χ1) is 6.54. The largest absolute Gasteiger partial charge is 0.398 e. The van der Waals surface area contributed by atoms with E-state index < -0.39 is 0 Å². The molecule has 0 aliphatic rings. The molecular weight excluding hydrogens is 170 g/mol. The average Bonchev–Trinajstić information content (AvgIpc) is 2.10. The molecule has 1 rings (SSSR count). The van der Waals surface area contributed by atoms with Gasteiger partial charge in [-0.2, -0.15) is 0 Å². The number of aryl methyl sites for hydroxylation is 1. The molecule has 0 unspecified atom stereocenters. The van der Waals surface area contributed by atoms with Crippen LogP contribution in [0.25, 0.3) is 0 Å². The fourth-order valence-electron chi connectivity index (χ4n) is 1.21. The van der Waals surface area contributed by atoms with Crippen molar-refractivity contribution in [2.75, 3.05) is 5.73 Å². The molecule has 2 N–H and O–H groups in total. The maximum absolute atomic E-state index is 5.88. The molecule has 80 valence electrons. The summed E-state index contributed by atoms with van der Waals surface area (Å²) in [6, 6.07) is 6.19. The molecular formula is C13H23N. The number of anilines is 1. The molecule has 1 aromatic carbocycles. The van der Waals surface area contributed by atoms with E-state index in [1.165, 1.54) is 17.5 Å². The van der Waals surface area contributed by atoms with Crippen molar-refractivity contribution in [3.8, 4) is 0 Å². The normalized spacial score (nSPS) is 9.57. The highest BCUT2D eigenvalue weighted by atomic mass is 14.6. The fourth-order valence-corrected chi connectivity index (χ4v) is 1.21. The van der Waals surface area contributed by atoms with Crippen LogP contribution in [0.3, 0.4) is 0 Å². The number of rotatable bonds is 1. The van der Waals surface area contributed by atoms with E-state index in [-0.39, 0.29) is 0 Å². The van der Waals surface area contributed by atoms with Gasteiger partial charge < -0.3 is 5.73 Å². The van der Waals surface area contributed by atoms with Crippen molar-refractivity contribution < 1.29 is 0 Å². The zero-order valence-corrected chi connectivity index (χ0v) is 10.1. The van der Waals surface area contributed by atoms with E-state index in [1.807, 2.05) is 13.0 Å². The van der Waals surface area contributed by atoms with Crippen LogP contribution in [0.4, 0.5) is 5.69 Å². The molecule has 0 bridgehead atoms. The molecule has 1 aromatic rings. The van der Waals surface area contributed by atoms with Crippen molar-refractivity contribution in [1.29, 1.82) is 0 Å². The number of nitrogen functional groups attached to an aromatic ring is 1. The summed E-state index contributed by atoms with van der Waals surface area (Å²) >= 11 is 0. The number of hydrogen-bond acceptors (Lipinski definition) is 1. The number of nitrogens with two attached hydrogens (primary N) is 1. The highest BCUT2D eigenvalue weighted by molar-refractivity contribution is 5.54. The van der Waals surface area contributed by atoms with Gasteiger partial charge in [-0.1, -0.05) is 52.3 Å². The lowest BCUT2D eigenvalue weighted by Gasteiger charge is -2.10. The summed E-state index contributed by atoms with van der Waals surface area (Å²) in [4.78, 5) is 0. The average molecular weight is 193 g/mol. The van der Waals surface area contributed by atoms with E-state index in [0.29, 0.717) is 5.92 Å². The van der Waals surface area contributed by atoms with Crippen LogP contribution in [0.2, 0.25) is 0 Å². The van der Waals surface area contributed by atoms with E-state index >= 15 is 0 Å². The van der Waals surface area contributed by atoms with Gasteiger partial charge in [-0.05, 0) is 24.0 Å². The van der Waals surface area contributed by atoms with Gasteiger partial charge in [0.15, 0.2) is 0 Å². The van der Waals surface area contributed by atoms with E-state index in [9.17, 15) is 0 Å². The van der Waals surface area contributed by atoms with Crippen molar-refractivity contribution in [2.45, 2.75) is 47.0 Å². The Morgan fingerprint density at radius 2 is 1.71 bits per heavy atom. The molecule has 0 radical (unpaired) electrons. The van der Waals surface area contributed by atoms with Crippen molar-refractivity contribution in [1.82, 2.24) is 0 Å². The molecule has 14 heavy (non-hydrogen) atoms. The molecule has 0 atom stereocenters. The summed E-state index contributed by atoms with van der Waals surface area (Å²) in [7, 11) is 0. The number of hydrogen-bond donors (Lipinski definition) is 1. The van der Waals surface area contributed by atoms with Gasteiger partial charge in [0.2, 0.25) is 0 Å². The van der Waals surface area contributed by atoms with Crippen molar-refractivity contribution in [2.24, 2.45) is 0 Å². The second-order valence-electron chi connectivity index (χ2n) is 3.94. The third kappa shape index (κ3) is 3.82. The Bertz CT molecular complexity index is 264. The highest BCUT2D eigenvalue weighted by Crippen LogP contribution is 2.23. The summed E-state index contributed by atoms with van der Waals surface area (Å²) in [5, 5.41) is 0. The smallest absolute Gasteiger partial charge is 0.0378 e. The standard InChI is InChI=1S/C10H15N.C3H8/c1-7(2)9-6-4-5-8(3)10(9)11;1-3-2/h4-7H,11H2,1-3H3;3H2,1-2H3. The fraction of sp³-hybridized carbons (Fsp3) is 0.538. The zero-order chi connectivity index (χ0) is 11.1. The molecule has 0 saturated heterocycles. The first kappa shape index (κ1) is 13.0. The van der Waals surface area contributed by atoms with Gasteiger partial charge in [0.25, 0.3) is 0 Å². The molecule has 0 saturated carbocycles. The molecule has 0 amide bonds. The Hall–Kier alpha value is -0.980. The third-order valence-electron chi connectivity index (χ3n) is 1.98. The van der Waals surface area contributed by atoms with Crippen LogP contribution in [0.1, 0.15) is 51.2 Å². The van der Waals surface area contributed by atoms with E-state index in [4.69, 9.17) is 5.73 Å². The van der Waals surface area contributed by atoms with E-state index in [0.717, 1.165) is 5.69 Å². The second-order valence-corrected chi connectivity index (χ2v) is 3.94. The van der Waals surface area contributed by atoms with Crippen molar-refractivity contribution >= 4 is 5.69 Å². The van der Waals surface area contributed by atoms with Gasteiger partial charge in [0.1, 0.15) is 0 Å². The molecule has 0 fully saturated rings. The maximum Gasteiger partial charge on any atom is 0.0378 e. The lowest BCUT2D eigenvalue weighted by molar-refractivity contribution is 0.868. The molecule has 0 spiro atoms. The molecule has 1 nitrogen and oxygen atoms in total. The summed E-state index contributed by atoms with van der Waals surface area (Å²) in [6.07, 6.45) is 1.25. The zero-order valence-electron chi connectivity index (χ0n) is 10.1. The predicted molar refractivity (Wildman–Crippen MR) is 65.6 cm³/mol. The predicted octanol–water partition coefficient (Wildman–Crippen LogP) is 4.12. The molecule has 1 heteroatoms. The Morgan fingerprint density at radius 1 is 1.21 bits per heavy atom. The minimum atomic E-state index is 0.523. The molecule has 0 heterocycles. The van der Waals surface area contributed by atoms with Crippen molar-refractivity contribution in [3.63, 3.8) is 0 Å². The monoisotopic (exact) mass is 193 g/mol. The van der Waals surface area contributed by atoms with Crippen molar-refractivity contribution in [3.05, 3.63) is 29.3 Å². The van der Waals surface area contributed by atoms with Gasteiger partial charge in [0, 0.05) is 5.69 Å².